The fraction of sp³-hybridized carbons (Fsp3) is 0.500. The number of imide groups is 2. The zero-order valence-corrected chi connectivity index (χ0v) is 11.2. The molecule has 0 aromatic carbocycles. The first kappa shape index (κ1) is 15.6. The quantitative estimate of drug-likeness (QED) is 0.425. The van der Waals surface area contributed by atoms with E-state index in [9.17, 15) is 28.8 Å². The van der Waals surface area contributed by atoms with Crippen LogP contribution in [0.1, 0.15) is 25.7 Å². The largest absolute Gasteiger partial charge is 0.452 e. The molecule has 10 nitrogen and oxygen atoms in total. The molecule has 0 saturated carbocycles. The molecule has 10 heteroatoms. The Balaban J connectivity index is 1.71. The number of hydrogen-bond acceptors (Lipinski definition) is 8. The highest BCUT2D eigenvalue weighted by Crippen LogP contribution is 2.11. The summed E-state index contributed by atoms with van der Waals surface area (Å²) in [7, 11) is 0. The molecule has 22 heavy (non-hydrogen) atoms. The summed E-state index contributed by atoms with van der Waals surface area (Å²) in [6.07, 6.45) is -3.62. The maximum Gasteiger partial charge on any atom is 0.307 e. The van der Waals surface area contributed by atoms with Gasteiger partial charge in [-0.3, -0.25) is 39.4 Å². The summed E-state index contributed by atoms with van der Waals surface area (Å²) in [5.41, 5.74) is 0. The number of hydrogen-bond donors (Lipinski definition) is 2. The number of carbonyl (C=O) groups excluding carboxylic acids is 6. The first-order valence-electron chi connectivity index (χ1n) is 6.41. The van der Waals surface area contributed by atoms with Gasteiger partial charge in [-0.2, -0.15) is 0 Å². The van der Waals surface area contributed by atoms with Crippen LogP contribution in [0.4, 0.5) is 0 Å². The topological polar surface area (TPSA) is 145 Å². The molecule has 2 atom stereocenters. The van der Waals surface area contributed by atoms with E-state index < -0.39 is 47.8 Å². The molecule has 0 aromatic heterocycles. The molecular weight excluding hydrogens is 300 g/mol. The predicted molar refractivity (Wildman–Crippen MR) is 64.5 cm³/mol. The lowest BCUT2D eigenvalue weighted by molar-refractivity contribution is -0.159. The zero-order valence-electron chi connectivity index (χ0n) is 11.2. The lowest BCUT2D eigenvalue weighted by Crippen LogP contribution is -2.29. The Morgan fingerprint density at radius 1 is 0.818 bits per heavy atom. The van der Waals surface area contributed by atoms with Gasteiger partial charge in [0.2, 0.25) is 11.8 Å². The second-order valence-corrected chi connectivity index (χ2v) is 4.69. The van der Waals surface area contributed by atoms with E-state index in [4.69, 9.17) is 9.47 Å². The third-order valence-electron chi connectivity index (χ3n) is 2.93. The molecule has 0 bridgehead atoms. The van der Waals surface area contributed by atoms with Crippen LogP contribution in [-0.4, -0.2) is 47.8 Å². The zero-order chi connectivity index (χ0) is 16.3. The minimum Gasteiger partial charge on any atom is -0.452 e. The van der Waals surface area contributed by atoms with E-state index in [0.717, 1.165) is 0 Å². The summed E-state index contributed by atoms with van der Waals surface area (Å²) in [4.78, 5) is 67.1. The lowest BCUT2D eigenvalue weighted by Gasteiger charge is -2.10. The van der Waals surface area contributed by atoms with E-state index in [1.165, 1.54) is 0 Å². The molecule has 2 rings (SSSR count). The highest BCUT2D eigenvalue weighted by Gasteiger charge is 2.35. The van der Waals surface area contributed by atoms with Gasteiger partial charge < -0.3 is 9.47 Å². The van der Waals surface area contributed by atoms with Crippen molar-refractivity contribution in [1.29, 1.82) is 0 Å². The van der Waals surface area contributed by atoms with Crippen molar-refractivity contribution in [2.45, 2.75) is 37.9 Å². The van der Waals surface area contributed by atoms with Crippen molar-refractivity contribution < 1.29 is 38.2 Å². The van der Waals surface area contributed by atoms with Crippen molar-refractivity contribution in [3.05, 3.63) is 0 Å². The Labute approximate surface area is 123 Å². The van der Waals surface area contributed by atoms with Crippen LogP contribution in [0.5, 0.6) is 0 Å². The van der Waals surface area contributed by atoms with Crippen LogP contribution in [0.25, 0.3) is 0 Å². The number of carbonyl (C=O) groups is 6. The van der Waals surface area contributed by atoms with Gasteiger partial charge in [0.05, 0.1) is 25.7 Å². The van der Waals surface area contributed by atoms with Crippen LogP contribution in [-0.2, 0) is 38.2 Å². The van der Waals surface area contributed by atoms with Gasteiger partial charge in [0.25, 0.3) is 11.8 Å². The van der Waals surface area contributed by atoms with E-state index in [1.807, 2.05) is 10.6 Å². The summed E-state index contributed by atoms with van der Waals surface area (Å²) in [6, 6.07) is 0. The molecule has 0 spiro atoms. The average molecular weight is 312 g/mol. The molecule has 2 saturated heterocycles. The van der Waals surface area contributed by atoms with Crippen molar-refractivity contribution in [1.82, 2.24) is 10.6 Å². The molecule has 2 aliphatic rings. The first-order valence-corrected chi connectivity index (χ1v) is 6.41. The van der Waals surface area contributed by atoms with Gasteiger partial charge in [-0.1, -0.05) is 0 Å². The van der Waals surface area contributed by atoms with Crippen LogP contribution in [0.2, 0.25) is 0 Å². The van der Waals surface area contributed by atoms with Crippen LogP contribution < -0.4 is 10.6 Å². The average Bonchev–Trinajstić information content (AvgIpc) is 2.89. The number of esters is 2. The number of amides is 4. The minimum absolute atomic E-state index is 0.251. The molecule has 0 aliphatic carbocycles. The van der Waals surface area contributed by atoms with E-state index in [-0.39, 0.29) is 25.7 Å². The molecule has 0 radical (unpaired) electrons. The number of ether oxygens (including phenoxy) is 2. The van der Waals surface area contributed by atoms with Gasteiger partial charge in [0.15, 0.2) is 12.2 Å². The standard InChI is InChI=1S/C12H12N2O8/c15-7-3-5(11(19)13-7)21-9(17)1-2-10(18)22-6-4-8(16)14-12(6)20/h5-6H,1-4H2,(H,13,15,19)(H,14,16,20). The summed E-state index contributed by atoms with van der Waals surface area (Å²) >= 11 is 0. The Bertz CT molecular complexity index is 519. The van der Waals surface area contributed by atoms with Crippen LogP contribution >= 0.6 is 0 Å². The second-order valence-electron chi connectivity index (χ2n) is 4.69. The molecule has 118 valence electrons. The smallest absolute Gasteiger partial charge is 0.307 e. The summed E-state index contributed by atoms with van der Waals surface area (Å²) in [6.45, 7) is 0. The van der Waals surface area contributed by atoms with Gasteiger partial charge >= 0.3 is 11.9 Å². The molecule has 2 fully saturated rings. The van der Waals surface area contributed by atoms with Crippen molar-refractivity contribution in [2.24, 2.45) is 0 Å². The second kappa shape index (κ2) is 6.33. The lowest BCUT2D eigenvalue weighted by atomic mass is 10.2. The summed E-state index contributed by atoms with van der Waals surface area (Å²) in [5, 5.41) is 3.94. The molecule has 2 aliphatic heterocycles. The number of nitrogens with one attached hydrogen (secondary N) is 2. The minimum atomic E-state index is -1.19. The summed E-state index contributed by atoms with van der Waals surface area (Å²) in [5.74, 6) is -4.19. The van der Waals surface area contributed by atoms with Gasteiger partial charge in [0, 0.05) is 0 Å². The van der Waals surface area contributed by atoms with Gasteiger partial charge in [-0.25, -0.2) is 0 Å². The first-order chi connectivity index (χ1) is 10.3. The maximum atomic E-state index is 11.5. The fourth-order valence-corrected chi connectivity index (χ4v) is 1.89. The van der Waals surface area contributed by atoms with E-state index in [2.05, 4.69) is 0 Å². The van der Waals surface area contributed by atoms with Gasteiger partial charge in [-0.15, -0.1) is 0 Å². The highest BCUT2D eigenvalue weighted by molar-refractivity contribution is 6.06. The Morgan fingerprint density at radius 2 is 1.18 bits per heavy atom. The van der Waals surface area contributed by atoms with Crippen LogP contribution in [0.15, 0.2) is 0 Å². The molecule has 2 unspecified atom stereocenters. The highest BCUT2D eigenvalue weighted by atomic mass is 16.6. The normalized spacial score (nSPS) is 24.0. The third-order valence-corrected chi connectivity index (χ3v) is 2.93. The van der Waals surface area contributed by atoms with E-state index in [0.29, 0.717) is 0 Å². The SMILES string of the molecule is O=C1CC(OC(=O)CCC(=O)OC2CC(=O)NC2=O)C(=O)N1. The van der Waals surface area contributed by atoms with Gasteiger partial charge in [0.1, 0.15) is 0 Å². The van der Waals surface area contributed by atoms with E-state index in [1.54, 1.807) is 0 Å². The monoisotopic (exact) mass is 312 g/mol. The van der Waals surface area contributed by atoms with Crippen molar-refractivity contribution in [2.75, 3.05) is 0 Å². The Kier molecular flexibility index (Phi) is 4.49. The Morgan fingerprint density at radius 3 is 1.45 bits per heavy atom. The summed E-state index contributed by atoms with van der Waals surface area (Å²) < 4.78 is 9.48. The molecule has 0 aromatic rings. The Hall–Kier alpha value is -2.78. The molecule has 2 heterocycles. The van der Waals surface area contributed by atoms with Crippen LogP contribution in [0.3, 0.4) is 0 Å². The van der Waals surface area contributed by atoms with Crippen molar-refractivity contribution in [3.63, 3.8) is 0 Å². The molecule has 4 amide bonds. The molecule has 2 N–H and O–H groups in total. The van der Waals surface area contributed by atoms with Crippen molar-refractivity contribution in [3.8, 4) is 0 Å². The van der Waals surface area contributed by atoms with Gasteiger partial charge in [-0.05, 0) is 0 Å². The van der Waals surface area contributed by atoms with Crippen LogP contribution in [0, 0.1) is 0 Å². The van der Waals surface area contributed by atoms with Crippen molar-refractivity contribution >= 4 is 35.6 Å². The fourth-order valence-electron chi connectivity index (χ4n) is 1.89. The molecular formula is C12H12N2O8. The third kappa shape index (κ3) is 3.87. The predicted octanol–water partition coefficient (Wildman–Crippen LogP) is -2.32. The van der Waals surface area contributed by atoms with E-state index >= 15 is 0 Å². The number of rotatable bonds is 5. The maximum absolute atomic E-state index is 11.5.